The van der Waals surface area contributed by atoms with E-state index in [9.17, 15) is 9.59 Å². The van der Waals surface area contributed by atoms with Gasteiger partial charge in [0, 0.05) is 23.4 Å². The summed E-state index contributed by atoms with van der Waals surface area (Å²) in [5, 5.41) is 0. The normalized spacial score (nSPS) is 11.0. The number of ether oxygens (including phenoxy) is 4. The predicted molar refractivity (Wildman–Crippen MR) is 142 cm³/mol. The molecule has 37 heavy (non-hydrogen) atoms. The maximum Gasteiger partial charge on any atom is 0.415 e. The number of aromatic nitrogens is 1. The van der Waals surface area contributed by atoms with Gasteiger partial charge in [-0.25, -0.2) is 9.59 Å². The van der Waals surface area contributed by atoms with Crippen LogP contribution in [0.25, 0.3) is 11.1 Å². The molecule has 3 rings (SSSR count). The summed E-state index contributed by atoms with van der Waals surface area (Å²) in [6.07, 6.45) is 1.17. The molecule has 0 bridgehead atoms. The highest BCUT2D eigenvalue weighted by molar-refractivity contribution is 5.98. The van der Waals surface area contributed by atoms with Gasteiger partial charge >= 0.3 is 12.1 Å². The Morgan fingerprint density at radius 3 is 2.30 bits per heavy atom. The first kappa shape index (κ1) is 27.5. The fraction of sp³-hybridized carbons (Fsp3) is 0.345. The first-order valence-corrected chi connectivity index (χ1v) is 11.9. The van der Waals surface area contributed by atoms with Crippen molar-refractivity contribution in [1.82, 2.24) is 4.98 Å². The Kier molecular flexibility index (Phi) is 8.42. The Hall–Kier alpha value is -4.07. The van der Waals surface area contributed by atoms with Gasteiger partial charge in [0.2, 0.25) is 0 Å². The van der Waals surface area contributed by atoms with E-state index in [1.807, 2.05) is 52.8 Å². The Morgan fingerprint density at radius 1 is 0.973 bits per heavy atom. The minimum atomic E-state index is -0.720. The summed E-state index contributed by atoms with van der Waals surface area (Å²) in [5.41, 5.74) is 3.90. The quantitative estimate of drug-likeness (QED) is 0.357. The van der Waals surface area contributed by atoms with Gasteiger partial charge in [-0.2, -0.15) is 0 Å². The van der Waals surface area contributed by atoms with E-state index >= 15 is 0 Å². The summed E-state index contributed by atoms with van der Waals surface area (Å²) in [7, 11) is 4.49. The van der Waals surface area contributed by atoms with E-state index in [2.05, 4.69) is 4.98 Å². The summed E-state index contributed by atoms with van der Waals surface area (Å²) < 4.78 is 21.9. The van der Waals surface area contributed by atoms with Crippen LogP contribution in [-0.2, 0) is 16.0 Å². The van der Waals surface area contributed by atoms with Gasteiger partial charge in [0.25, 0.3) is 0 Å². The van der Waals surface area contributed by atoms with Gasteiger partial charge in [0.15, 0.2) is 0 Å². The van der Waals surface area contributed by atoms with Crippen LogP contribution >= 0.6 is 0 Å². The van der Waals surface area contributed by atoms with E-state index in [-0.39, 0.29) is 6.54 Å². The van der Waals surface area contributed by atoms with E-state index in [4.69, 9.17) is 18.9 Å². The Balaban J connectivity index is 2.19. The van der Waals surface area contributed by atoms with E-state index in [1.54, 1.807) is 44.7 Å². The number of benzene rings is 2. The predicted octanol–water partition coefficient (Wildman–Crippen LogP) is 6.11. The van der Waals surface area contributed by atoms with Crippen molar-refractivity contribution in [2.24, 2.45) is 0 Å². The van der Waals surface area contributed by atoms with Crippen molar-refractivity contribution in [3.05, 3.63) is 71.0 Å². The SMILES string of the molecule is COC(=O)c1ccccc1-c1cc(OC)cc(N(Cc2ncc(C)c(OC)c2C)C(=O)OC(C)(C)C)c1. The summed E-state index contributed by atoms with van der Waals surface area (Å²) in [6.45, 7) is 9.39. The van der Waals surface area contributed by atoms with Gasteiger partial charge < -0.3 is 18.9 Å². The molecule has 0 radical (unpaired) electrons. The second-order valence-electron chi connectivity index (χ2n) is 9.57. The molecule has 0 unspecified atom stereocenters. The van der Waals surface area contributed by atoms with Crippen molar-refractivity contribution in [1.29, 1.82) is 0 Å². The average Bonchev–Trinajstić information content (AvgIpc) is 2.86. The van der Waals surface area contributed by atoms with Crippen molar-refractivity contribution >= 4 is 17.7 Å². The Labute approximate surface area is 218 Å². The molecule has 8 heteroatoms. The van der Waals surface area contributed by atoms with Crippen molar-refractivity contribution in [3.8, 4) is 22.6 Å². The minimum Gasteiger partial charge on any atom is -0.497 e. The molecule has 0 saturated heterocycles. The van der Waals surface area contributed by atoms with Gasteiger partial charge in [0.1, 0.15) is 17.1 Å². The third kappa shape index (κ3) is 6.39. The summed E-state index contributed by atoms with van der Waals surface area (Å²) in [5.74, 6) is 0.759. The lowest BCUT2D eigenvalue weighted by Crippen LogP contribution is -2.37. The standard InChI is InChI=1S/C29H34N2O6/c1-18-16-30-25(19(2)26(18)35-7)17-31(28(33)37-29(3,4)5)21-13-20(14-22(15-21)34-6)23-11-9-10-12-24(23)27(32)36-8/h9-16H,17H2,1-8H3. The lowest BCUT2D eigenvalue weighted by molar-refractivity contribution is 0.0573. The number of carbonyl (C=O) groups excluding carboxylic acids is 2. The van der Waals surface area contributed by atoms with Crippen LogP contribution in [0.15, 0.2) is 48.7 Å². The lowest BCUT2D eigenvalue weighted by atomic mass is 9.98. The number of anilines is 1. The smallest absolute Gasteiger partial charge is 0.415 e. The van der Waals surface area contributed by atoms with Gasteiger partial charge in [-0.3, -0.25) is 9.88 Å². The lowest BCUT2D eigenvalue weighted by Gasteiger charge is -2.28. The molecule has 3 aromatic rings. The molecule has 196 valence electrons. The molecule has 0 atom stereocenters. The van der Waals surface area contributed by atoms with Gasteiger partial charge in [-0.15, -0.1) is 0 Å². The first-order chi connectivity index (χ1) is 17.5. The molecule has 8 nitrogen and oxygen atoms in total. The molecule has 0 N–H and O–H groups in total. The van der Waals surface area contributed by atoms with E-state index in [0.29, 0.717) is 39.6 Å². The van der Waals surface area contributed by atoms with Crippen LogP contribution in [-0.4, -0.2) is 44.0 Å². The number of esters is 1. The van der Waals surface area contributed by atoms with Gasteiger partial charge in [0.05, 0.1) is 44.8 Å². The fourth-order valence-electron chi connectivity index (χ4n) is 3.99. The topological polar surface area (TPSA) is 87.2 Å². The summed E-state index contributed by atoms with van der Waals surface area (Å²) in [4.78, 5) is 32.0. The zero-order chi connectivity index (χ0) is 27.3. The second-order valence-corrected chi connectivity index (χ2v) is 9.57. The zero-order valence-electron chi connectivity index (χ0n) is 22.7. The second kappa shape index (κ2) is 11.3. The number of aryl methyl sites for hydroxylation is 1. The molecule has 1 heterocycles. The maximum atomic E-state index is 13.5. The van der Waals surface area contributed by atoms with Gasteiger partial charge in [-0.1, -0.05) is 18.2 Å². The number of pyridine rings is 1. The van der Waals surface area contributed by atoms with Crippen LogP contribution in [0.5, 0.6) is 11.5 Å². The number of amides is 1. The van der Waals surface area contributed by atoms with Crippen molar-refractivity contribution in [2.75, 3.05) is 26.2 Å². The molecule has 0 aliphatic rings. The zero-order valence-corrected chi connectivity index (χ0v) is 22.7. The molecular formula is C29H34N2O6. The number of rotatable bonds is 7. The number of hydrogen-bond donors (Lipinski definition) is 0. The van der Waals surface area contributed by atoms with Crippen LogP contribution in [0.3, 0.4) is 0 Å². The minimum absolute atomic E-state index is 0.128. The Bertz CT molecular complexity index is 1300. The number of nitrogens with zero attached hydrogens (tertiary/aromatic N) is 2. The average molecular weight is 507 g/mol. The molecule has 0 aliphatic heterocycles. The highest BCUT2D eigenvalue weighted by Gasteiger charge is 2.27. The van der Waals surface area contributed by atoms with E-state index in [1.165, 1.54) is 12.0 Å². The van der Waals surface area contributed by atoms with Crippen LogP contribution in [0.1, 0.15) is 48.0 Å². The third-order valence-electron chi connectivity index (χ3n) is 5.75. The number of hydrogen-bond acceptors (Lipinski definition) is 7. The monoisotopic (exact) mass is 506 g/mol. The van der Waals surface area contributed by atoms with Crippen molar-refractivity contribution in [3.63, 3.8) is 0 Å². The molecule has 2 aromatic carbocycles. The molecule has 1 aromatic heterocycles. The molecule has 0 saturated carbocycles. The summed E-state index contributed by atoms with van der Waals surface area (Å²) in [6, 6.07) is 12.5. The fourth-order valence-corrected chi connectivity index (χ4v) is 3.99. The highest BCUT2D eigenvalue weighted by atomic mass is 16.6. The van der Waals surface area contributed by atoms with Crippen molar-refractivity contribution < 1.29 is 28.5 Å². The van der Waals surface area contributed by atoms with E-state index in [0.717, 1.165) is 11.1 Å². The first-order valence-electron chi connectivity index (χ1n) is 11.9. The third-order valence-corrected chi connectivity index (χ3v) is 5.75. The molecule has 1 amide bonds. The molecular weight excluding hydrogens is 472 g/mol. The molecule has 0 aliphatic carbocycles. The van der Waals surface area contributed by atoms with Crippen molar-refractivity contribution in [2.45, 2.75) is 46.8 Å². The van der Waals surface area contributed by atoms with Gasteiger partial charge in [-0.05, 0) is 63.9 Å². The van der Waals surface area contributed by atoms with Crippen LogP contribution in [0.2, 0.25) is 0 Å². The van der Waals surface area contributed by atoms with E-state index < -0.39 is 17.7 Å². The van der Waals surface area contributed by atoms with Crippen LogP contribution < -0.4 is 14.4 Å². The van der Waals surface area contributed by atoms with Crippen LogP contribution in [0.4, 0.5) is 10.5 Å². The number of carbonyl (C=O) groups is 2. The molecule has 0 fully saturated rings. The molecule has 0 spiro atoms. The highest BCUT2D eigenvalue weighted by Crippen LogP contribution is 2.35. The summed E-state index contributed by atoms with van der Waals surface area (Å²) >= 11 is 0. The maximum absolute atomic E-state index is 13.5. The number of methoxy groups -OCH3 is 3. The largest absolute Gasteiger partial charge is 0.497 e. The van der Waals surface area contributed by atoms with Crippen LogP contribution in [0, 0.1) is 13.8 Å². The Morgan fingerprint density at radius 2 is 1.68 bits per heavy atom.